The number of fused-ring (bicyclic) bond motifs is 3. The SMILES string of the molecule is COc1cc(C=O)nnc1-n1cnc(C)c1.COc1nc(C=O)nnc1-n1cnc(C)c1.Cc1cn(-c2cnc(C=O)c3cc[nH]c23)cn1.Cc1cn(-c2cnc(C=O)c3ccoc23)cn1.Cc1cn(-c2cnc(C=O)c3cnoc23)cn1. The van der Waals surface area contributed by atoms with Gasteiger partial charge in [-0.2, -0.15) is 4.98 Å². The molecule has 0 aliphatic carbocycles. The van der Waals surface area contributed by atoms with Crippen molar-refractivity contribution in [1.82, 2.24) is 98.2 Å². The number of furan rings is 1. The number of imidazole rings is 5. The first-order valence-electron chi connectivity index (χ1n) is 24.4. The van der Waals surface area contributed by atoms with Crippen LogP contribution in [0.1, 0.15) is 81.0 Å². The Morgan fingerprint density at radius 2 is 1.00 bits per heavy atom. The van der Waals surface area contributed by atoms with Crippen LogP contribution in [0, 0.1) is 34.6 Å². The fourth-order valence-corrected chi connectivity index (χ4v) is 7.91. The van der Waals surface area contributed by atoms with Crippen molar-refractivity contribution >= 4 is 64.3 Å². The summed E-state index contributed by atoms with van der Waals surface area (Å²) in [6.45, 7) is 9.44. The zero-order valence-corrected chi connectivity index (χ0v) is 45.0. The second-order valence-electron chi connectivity index (χ2n) is 17.4. The summed E-state index contributed by atoms with van der Waals surface area (Å²) in [5.41, 5.74) is 10.2. The molecule has 0 aliphatic heterocycles. The van der Waals surface area contributed by atoms with Crippen LogP contribution < -0.4 is 9.47 Å². The number of ether oxygens (including phenoxy) is 2. The molecule has 0 fully saturated rings. The third-order valence-electron chi connectivity index (χ3n) is 11.8. The predicted molar refractivity (Wildman–Crippen MR) is 293 cm³/mol. The van der Waals surface area contributed by atoms with Crippen LogP contribution in [0.15, 0.2) is 127 Å². The summed E-state index contributed by atoms with van der Waals surface area (Å²) < 4.78 is 29.5. The van der Waals surface area contributed by atoms with Gasteiger partial charge in [0.25, 0.3) is 5.88 Å². The van der Waals surface area contributed by atoms with Gasteiger partial charge in [0.1, 0.15) is 46.8 Å². The van der Waals surface area contributed by atoms with Gasteiger partial charge in [0.15, 0.2) is 48.3 Å². The molecule has 0 atom stereocenters. The van der Waals surface area contributed by atoms with Gasteiger partial charge in [0.05, 0.1) is 115 Å². The van der Waals surface area contributed by atoms with Gasteiger partial charge < -0.3 is 37.1 Å². The maximum atomic E-state index is 10.9. The van der Waals surface area contributed by atoms with Crippen LogP contribution in [0.3, 0.4) is 0 Å². The summed E-state index contributed by atoms with van der Waals surface area (Å²) in [6.07, 6.45) is 30.4. The van der Waals surface area contributed by atoms with Crippen LogP contribution >= 0.6 is 0 Å². The second-order valence-corrected chi connectivity index (χ2v) is 17.4. The average molecular weight is 1120 g/mol. The molecular weight excluding hydrogens is 1070 g/mol. The molecule has 1 N–H and O–H groups in total. The highest BCUT2D eigenvalue weighted by Gasteiger charge is 2.16. The van der Waals surface area contributed by atoms with Crippen molar-refractivity contribution in [2.75, 3.05) is 14.2 Å². The smallest absolute Gasteiger partial charge is 0.262 e. The van der Waals surface area contributed by atoms with E-state index in [9.17, 15) is 24.0 Å². The normalized spacial score (nSPS) is 10.6. The van der Waals surface area contributed by atoms with E-state index in [1.165, 1.54) is 26.5 Å². The fraction of sp³-hybridized carbons (Fsp3) is 0.130. The molecule has 83 heavy (non-hydrogen) atoms. The van der Waals surface area contributed by atoms with E-state index < -0.39 is 0 Å². The Labute approximate surface area is 467 Å². The monoisotopic (exact) mass is 1120 g/mol. The Morgan fingerprint density at radius 3 is 1.52 bits per heavy atom. The fourth-order valence-electron chi connectivity index (χ4n) is 7.91. The third kappa shape index (κ3) is 12.4. The van der Waals surface area contributed by atoms with Crippen molar-refractivity contribution < 1.29 is 42.4 Å². The number of aromatic nitrogens is 20. The van der Waals surface area contributed by atoms with Crippen molar-refractivity contribution in [3.63, 3.8) is 0 Å². The minimum Gasteiger partial charge on any atom is -0.493 e. The lowest BCUT2D eigenvalue weighted by Crippen LogP contribution is -2.06. The van der Waals surface area contributed by atoms with Gasteiger partial charge in [-0.3, -0.25) is 48.1 Å². The number of pyridine rings is 3. The Bertz CT molecular complexity index is 4040. The quantitative estimate of drug-likeness (QED) is 0.127. The summed E-state index contributed by atoms with van der Waals surface area (Å²) in [7, 11) is 2.96. The van der Waals surface area contributed by atoms with Crippen molar-refractivity contribution in [2.45, 2.75) is 34.6 Å². The van der Waals surface area contributed by atoms with Gasteiger partial charge in [0.2, 0.25) is 17.5 Å². The van der Waals surface area contributed by atoms with E-state index in [4.69, 9.17) is 18.4 Å². The predicted octanol–water partition coefficient (Wildman–Crippen LogP) is 6.51. The molecule has 13 aromatic heterocycles. The van der Waals surface area contributed by atoms with Gasteiger partial charge in [0, 0.05) is 48.6 Å². The first-order valence-corrected chi connectivity index (χ1v) is 24.4. The van der Waals surface area contributed by atoms with E-state index in [0.29, 0.717) is 81.0 Å². The summed E-state index contributed by atoms with van der Waals surface area (Å²) in [4.78, 5) is 93.5. The van der Waals surface area contributed by atoms with Crippen LogP contribution in [-0.2, 0) is 0 Å². The summed E-state index contributed by atoms with van der Waals surface area (Å²) in [5.74, 6) is 1.60. The number of nitrogens with one attached hydrogen (secondary N) is 1. The van der Waals surface area contributed by atoms with Gasteiger partial charge >= 0.3 is 0 Å². The van der Waals surface area contributed by atoms with E-state index >= 15 is 0 Å². The number of rotatable bonds is 12. The van der Waals surface area contributed by atoms with Crippen LogP contribution in [0.5, 0.6) is 11.6 Å². The number of aromatic amines is 1. The first kappa shape index (κ1) is 55.8. The highest BCUT2D eigenvalue weighted by atomic mass is 16.5. The molecule has 416 valence electrons. The molecule has 0 radical (unpaired) electrons. The van der Waals surface area contributed by atoms with Crippen molar-refractivity contribution in [1.29, 1.82) is 0 Å². The van der Waals surface area contributed by atoms with Crippen LogP contribution in [0.2, 0.25) is 0 Å². The molecule has 0 saturated heterocycles. The van der Waals surface area contributed by atoms with Gasteiger partial charge in [-0.05, 0) is 46.8 Å². The lowest BCUT2D eigenvalue weighted by atomic mass is 10.2. The van der Waals surface area contributed by atoms with E-state index in [0.717, 1.165) is 63.3 Å². The molecule has 13 rings (SSSR count). The Balaban J connectivity index is 0.000000125. The largest absolute Gasteiger partial charge is 0.493 e. The summed E-state index contributed by atoms with van der Waals surface area (Å²) in [6, 6.07) is 5.11. The number of hydrogen-bond acceptors (Lipinski definition) is 23. The standard InChI is InChI=1S/C12H10N4O.C12H9N3O2.C11H8N4O2.C10H10N4O2.C9H9N5O2/c1-8-5-16(7-15-8)11-4-14-10(6-17)9-2-3-13-12(9)11;1-8-5-15(7-14-8)11-4-13-10(6-16)9-2-3-17-12(9)11;1-7-4-15(6-13-7)10-3-12-9(5-16)8-2-14-17-11(8)10;1-7-4-14(6-11-7)10-9(16-2)3-8(5-15)12-13-10;1-6-3-14(5-10-6)8-9(16-2)11-7(4-15)12-13-8/h2-7,13H,1H3;2-7H,1H3;2-6H,1H3;3-6H,1-2H3;3-5H,1-2H3. The molecule has 13 aromatic rings. The number of hydrogen-bond donors (Lipinski definition) is 1. The van der Waals surface area contributed by atoms with E-state index in [2.05, 4.69) is 75.4 Å². The Hall–Kier alpha value is -11.9. The van der Waals surface area contributed by atoms with E-state index in [1.54, 1.807) is 94.8 Å². The Morgan fingerprint density at radius 1 is 0.494 bits per heavy atom. The molecule has 0 spiro atoms. The molecule has 29 nitrogen and oxygen atoms in total. The lowest BCUT2D eigenvalue weighted by molar-refractivity contribution is 0.110. The molecule has 0 saturated carbocycles. The van der Waals surface area contributed by atoms with Crippen molar-refractivity contribution in [2.24, 2.45) is 0 Å². The van der Waals surface area contributed by atoms with Crippen molar-refractivity contribution in [3.05, 3.63) is 175 Å². The molecule has 0 aliphatic rings. The maximum absolute atomic E-state index is 10.9. The molecule has 0 bridgehead atoms. The minimum atomic E-state index is -0.0163. The van der Waals surface area contributed by atoms with Crippen LogP contribution in [0.4, 0.5) is 0 Å². The molecule has 0 amide bonds. The highest BCUT2D eigenvalue weighted by molar-refractivity contribution is 5.99. The maximum Gasteiger partial charge on any atom is 0.262 e. The molecule has 29 heteroatoms. The van der Waals surface area contributed by atoms with Gasteiger partial charge in [-0.15, -0.1) is 20.4 Å². The van der Waals surface area contributed by atoms with E-state index in [1.807, 2.05) is 68.4 Å². The summed E-state index contributed by atoms with van der Waals surface area (Å²) >= 11 is 0. The number of H-pyrrole nitrogens is 1. The highest BCUT2D eigenvalue weighted by Crippen LogP contribution is 2.27. The van der Waals surface area contributed by atoms with Gasteiger partial charge in [-0.1, -0.05) is 5.16 Å². The van der Waals surface area contributed by atoms with E-state index in [-0.39, 0.29) is 17.4 Å². The minimum absolute atomic E-state index is 0.0163. The average Bonchev–Trinajstić information content (AvgIpc) is 4.13. The lowest BCUT2D eigenvalue weighted by Gasteiger charge is -2.06. The number of methoxy groups -OCH3 is 2. The van der Waals surface area contributed by atoms with Gasteiger partial charge in [-0.25, -0.2) is 24.9 Å². The van der Waals surface area contributed by atoms with Crippen LogP contribution in [0.25, 0.3) is 61.5 Å². The third-order valence-corrected chi connectivity index (χ3v) is 11.8. The first-order chi connectivity index (χ1) is 40.4. The molecule has 0 unspecified atom stereocenters. The molecule has 13 heterocycles. The van der Waals surface area contributed by atoms with Crippen molar-refractivity contribution in [3.8, 4) is 40.3 Å². The Kier molecular flexibility index (Phi) is 17.0. The molecular formula is C54H46N20O9. The number of aldehydes is 5. The number of carbonyl (C=O) groups excluding carboxylic acids is 5. The molecule has 0 aromatic carbocycles. The number of aryl methyl sites for hydroxylation is 5. The zero-order valence-electron chi connectivity index (χ0n) is 45.0. The summed E-state index contributed by atoms with van der Waals surface area (Å²) in [5, 5.41) is 21.0. The number of nitrogens with zero attached hydrogens (tertiary/aromatic N) is 19. The number of carbonyl (C=O) groups is 5. The van der Waals surface area contributed by atoms with Crippen LogP contribution in [-0.4, -0.2) is 144 Å². The topological polar surface area (TPSA) is 351 Å². The second kappa shape index (κ2) is 25.3. The zero-order chi connectivity index (χ0) is 58.6.